The molecule has 0 aromatic heterocycles. The first-order valence-electron chi connectivity index (χ1n) is 18.9. The fourth-order valence-corrected chi connectivity index (χ4v) is 8.88. The van der Waals surface area contributed by atoms with Gasteiger partial charge >= 0.3 is 0 Å². The number of carbonyl (C=O) groups is 4. The second-order valence-electron chi connectivity index (χ2n) is 14.9. The minimum absolute atomic E-state index is 0.691. The summed E-state index contributed by atoms with van der Waals surface area (Å²) in [6.45, 7) is -0.500. The van der Waals surface area contributed by atoms with Crippen LogP contribution in [0.25, 0.3) is 0 Å². The highest BCUT2D eigenvalue weighted by atomic mass is 32.3. The molecule has 0 bridgehead atoms. The van der Waals surface area contributed by atoms with E-state index < -0.39 is 201 Å². The third-order valence-corrected chi connectivity index (χ3v) is 11.8. The zero-order chi connectivity index (χ0) is 52.5. The van der Waals surface area contributed by atoms with Gasteiger partial charge in [-0.25, -0.2) is 33.7 Å². The summed E-state index contributed by atoms with van der Waals surface area (Å²) in [5, 5.41) is 82.5. The van der Waals surface area contributed by atoms with E-state index in [0.29, 0.717) is 6.92 Å². The van der Waals surface area contributed by atoms with Crippen LogP contribution in [0.15, 0.2) is 0 Å². The van der Waals surface area contributed by atoms with E-state index in [4.69, 9.17) is 33.2 Å². The summed E-state index contributed by atoms with van der Waals surface area (Å²) < 4.78 is 195. The molecular weight excluding hydrogens is 1050 g/mol. The fraction of sp³-hybridized carbons (Fsp3) is 0.862. The molecule has 400 valence electrons. The van der Waals surface area contributed by atoms with Gasteiger partial charge in [0.25, 0.3) is 0 Å². The van der Waals surface area contributed by atoms with Crippen LogP contribution in [0.3, 0.4) is 0 Å². The Labute approximate surface area is 388 Å². The van der Waals surface area contributed by atoms with E-state index in [1.165, 1.54) is 0 Å². The predicted octanol–water partition coefficient (Wildman–Crippen LogP) is -12.9. The lowest BCUT2D eigenvalue weighted by molar-refractivity contribution is -0.383. The molecule has 4 heterocycles. The third-order valence-electron chi connectivity index (χ3n) is 9.99. The van der Waals surface area contributed by atoms with Crippen molar-refractivity contribution in [2.75, 3.05) is 13.2 Å². The van der Waals surface area contributed by atoms with Crippen molar-refractivity contribution >= 4 is 65.3 Å². The molecule has 2 amide bonds. The van der Waals surface area contributed by atoms with Crippen LogP contribution in [0.4, 0.5) is 0 Å². The number of carbonyl (C=O) groups excluding carboxylic acids is 4. The van der Waals surface area contributed by atoms with Crippen molar-refractivity contribution in [1.82, 2.24) is 10.6 Å². The van der Waals surface area contributed by atoms with Gasteiger partial charge < -0.3 is 107 Å². The number of ether oxygens (including phenoxy) is 7. The maximum absolute atomic E-state index is 12.7. The van der Waals surface area contributed by atoms with Gasteiger partial charge in [0.1, 0.15) is 91.5 Å². The molecule has 0 aromatic carbocycles. The Bertz CT molecular complexity index is 2300. The first-order chi connectivity index (χ1) is 31.5. The molecule has 0 spiro atoms. The summed E-state index contributed by atoms with van der Waals surface area (Å²) in [5.74, 6) is -6.95. The highest BCUT2D eigenvalue weighted by molar-refractivity contribution is 7.81. The SMILES string of the molecule is CC(=O)NC1C(C)OC(COS(=O)(=O)[O-])C(OS(=O)(=O)[O-])C1OC1OC(C(=O)[O-])C(OC2OC(COS(=O)(=O)[O-])C(OS(=O)(=O)[O-])C(OC3OC(C(=O)[O-])C(O)C(O)C3O)C2NC(C)=O)C(O)C1O. The van der Waals surface area contributed by atoms with Gasteiger partial charge in [-0.2, -0.15) is 0 Å². The summed E-state index contributed by atoms with van der Waals surface area (Å²) in [5.41, 5.74) is 0. The number of carboxylic acids is 2. The smallest absolute Gasteiger partial charge is 0.218 e. The molecule has 20 atom stereocenters. The minimum atomic E-state index is -6.11. The second kappa shape index (κ2) is 22.7. The standard InChI is InChI=1S/C29H46N2O34S4/c1-6-11(30-7(2)32)20(18(64-68(49,50)51)9(57-6)4-55-66(43,44)45)59-29-17(38)15(36)22(24(63-29)26(41)42)61-27-12(31-8(3)33)21(60-28-16(37)13(34)14(35)23(62-28)25(39)40)19(65-69(52,53)54)10(58-27)5-56-67(46,47)48/h6,9-24,27-29,34-38H,4-5H2,1-3H3,(H,30,32)(H,31,33)(H,39,40)(H,41,42)(H,43,44,45)(H,46,47,48)(H,49,50,51)(H,52,53,54)/p-6. The topological polar surface area (TPSA) is 570 Å². The van der Waals surface area contributed by atoms with Crippen LogP contribution >= 0.6 is 0 Å². The second-order valence-corrected chi connectivity index (χ2v) is 19.1. The van der Waals surface area contributed by atoms with Crippen LogP contribution in [0, 0.1) is 0 Å². The van der Waals surface area contributed by atoms with Gasteiger partial charge in [-0.3, -0.25) is 26.3 Å². The number of rotatable bonds is 20. The summed E-state index contributed by atoms with van der Waals surface area (Å²) in [6, 6.07) is -4.19. The van der Waals surface area contributed by atoms with E-state index in [9.17, 15) is 107 Å². The van der Waals surface area contributed by atoms with E-state index in [0.717, 1.165) is 13.8 Å². The van der Waals surface area contributed by atoms with Crippen molar-refractivity contribution < 1.29 is 157 Å². The molecule has 40 heteroatoms. The highest BCUT2D eigenvalue weighted by Crippen LogP contribution is 2.36. The number of amides is 2. The average molecular weight is 1090 g/mol. The van der Waals surface area contributed by atoms with Crippen LogP contribution in [0.2, 0.25) is 0 Å². The first kappa shape index (κ1) is 58.5. The Balaban J connectivity index is 1.81. The Hall–Kier alpha value is -3.12. The molecule has 4 rings (SSSR count). The molecule has 36 nitrogen and oxygen atoms in total. The Kier molecular flexibility index (Phi) is 19.3. The Morgan fingerprint density at radius 3 is 1.30 bits per heavy atom. The monoisotopic (exact) mass is 1090 g/mol. The van der Waals surface area contributed by atoms with Gasteiger partial charge in [-0.05, 0) is 6.92 Å². The van der Waals surface area contributed by atoms with E-state index in [-0.39, 0.29) is 0 Å². The zero-order valence-electron chi connectivity index (χ0n) is 34.7. The predicted molar refractivity (Wildman–Crippen MR) is 191 cm³/mol. The number of hydrogen-bond donors (Lipinski definition) is 7. The molecule has 0 aromatic rings. The quantitative estimate of drug-likeness (QED) is 0.0440. The van der Waals surface area contributed by atoms with E-state index in [1.54, 1.807) is 0 Å². The number of aliphatic hydroxyl groups is 5. The van der Waals surface area contributed by atoms with Crippen molar-refractivity contribution in [2.45, 2.75) is 143 Å². The summed E-state index contributed by atoms with van der Waals surface area (Å²) in [7, 11) is -23.5. The molecule has 20 unspecified atom stereocenters. The van der Waals surface area contributed by atoms with Crippen LogP contribution in [-0.2, 0) is 111 Å². The molecule has 4 aliphatic heterocycles. The number of aliphatic hydroxyl groups excluding tert-OH is 5. The van der Waals surface area contributed by atoms with Gasteiger partial charge in [-0.15, -0.1) is 0 Å². The van der Waals surface area contributed by atoms with Gasteiger partial charge in [-0.1, -0.05) is 0 Å². The lowest BCUT2D eigenvalue weighted by Crippen LogP contribution is -2.71. The van der Waals surface area contributed by atoms with Crippen molar-refractivity contribution in [2.24, 2.45) is 0 Å². The lowest BCUT2D eigenvalue weighted by Gasteiger charge is -2.51. The van der Waals surface area contributed by atoms with Gasteiger partial charge in [0, 0.05) is 13.8 Å². The van der Waals surface area contributed by atoms with E-state index in [1.807, 2.05) is 5.32 Å². The molecule has 7 N–H and O–H groups in total. The van der Waals surface area contributed by atoms with Crippen molar-refractivity contribution in [3.8, 4) is 0 Å². The average Bonchev–Trinajstić information content (AvgIpc) is 3.18. The highest BCUT2D eigenvalue weighted by Gasteiger charge is 2.57. The first-order valence-corrected chi connectivity index (χ1v) is 24.2. The number of aliphatic carboxylic acids is 2. The molecule has 4 fully saturated rings. The zero-order valence-corrected chi connectivity index (χ0v) is 37.9. The van der Waals surface area contributed by atoms with Crippen LogP contribution in [-0.4, -0.2) is 237 Å². The minimum Gasteiger partial charge on any atom is -0.726 e. The molecule has 4 aliphatic rings. The van der Waals surface area contributed by atoms with Crippen LogP contribution in [0.5, 0.6) is 0 Å². The largest absolute Gasteiger partial charge is 0.726 e. The summed E-state index contributed by atoms with van der Waals surface area (Å²) >= 11 is 0. The van der Waals surface area contributed by atoms with Gasteiger partial charge in [0.05, 0.1) is 37.3 Å². The van der Waals surface area contributed by atoms with E-state index >= 15 is 0 Å². The maximum atomic E-state index is 12.7. The molecular formula is C29H40N2O34S4-6. The van der Waals surface area contributed by atoms with Crippen molar-refractivity contribution in [3.63, 3.8) is 0 Å². The Morgan fingerprint density at radius 1 is 0.493 bits per heavy atom. The summed E-state index contributed by atoms with van der Waals surface area (Å²) in [6.07, 6.45) is -45.6. The lowest BCUT2D eigenvalue weighted by atomic mass is 9.92. The third kappa shape index (κ3) is 15.9. The molecule has 0 aliphatic carbocycles. The van der Waals surface area contributed by atoms with Gasteiger partial charge in [0.15, 0.2) is 18.9 Å². The number of hydrogen-bond acceptors (Lipinski definition) is 34. The van der Waals surface area contributed by atoms with Gasteiger partial charge in [0.2, 0.25) is 53.4 Å². The van der Waals surface area contributed by atoms with Crippen LogP contribution in [0.1, 0.15) is 20.8 Å². The fourth-order valence-electron chi connectivity index (χ4n) is 7.27. The normalized spacial score (nSPS) is 39.2. The summed E-state index contributed by atoms with van der Waals surface area (Å²) in [4.78, 5) is 49.2. The van der Waals surface area contributed by atoms with Crippen molar-refractivity contribution in [3.05, 3.63) is 0 Å². The maximum Gasteiger partial charge on any atom is 0.218 e. The molecule has 4 saturated heterocycles. The molecule has 0 saturated carbocycles. The number of carboxylic acid groups (broad SMARTS) is 2. The van der Waals surface area contributed by atoms with Crippen molar-refractivity contribution in [1.29, 1.82) is 0 Å². The number of nitrogens with one attached hydrogen (secondary N) is 2. The Morgan fingerprint density at radius 2 is 0.884 bits per heavy atom. The van der Waals surface area contributed by atoms with E-state index in [2.05, 4.69) is 22.0 Å². The molecule has 0 radical (unpaired) electrons. The molecule has 69 heavy (non-hydrogen) atoms. The van der Waals surface area contributed by atoms with Crippen LogP contribution < -0.4 is 20.8 Å².